The van der Waals surface area contributed by atoms with E-state index in [9.17, 15) is 0 Å². The first-order valence-corrected chi connectivity index (χ1v) is 15.1. The van der Waals surface area contributed by atoms with E-state index in [1.54, 1.807) is 11.3 Å². The summed E-state index contributed by atoms with van der Waals surface area (Å²) in [7, 11) is 0. The Morgan fingerprint density at radius 3 is 1.77 bits per heavy atom. The number of hydrogen-bond acceptors (Lipinski definition) is 8. The van der Waals surface area contributed by atoms with Crippen molar-refractivity contribution in [2.24, 2.45) is 9.98 Å². The van der Waals surface area contributed by atoms with Crippen molar-refractivity contribution in [1.82, 2.24) is 10.6 Å². The molecule has 4 heterocycles. The van der Waals surface area contributed by atoms with E-state index in [1.165, 1.54) is 68.3 Å². The van der Waals surface area contributed by atoms with Gasteiger partial charge < -0.3 is 21.3 Å². The van der Waals surface area contributed by atoms with Crippen LogP contribution in [0.4, 0.5) is 11.4 Å². The van der Waals surface area contributed by atoms with Gasteiger partial charge in [-0.05, 0) is 50.5 Å². The number of nitrogens with one attached hydrogen (secondary N) is 4. The van der Waals surface area contributed by atoms with Crippen molar-refractivity contribution in [1.29, 1.82) is 0 Å². The summed E-state index contributed by atoms with van der Waals surface area (Å²) < 4.78 is 2.23. The van der Waals surface area contributed by atoms with E-state index in [2.05, 4.69) is 33.6 Å². The zero-order valence-electron chi connectivity index (χ0n) is 19.9. The number of aryl methyl sites for hydroxylation is 1. The second-order valence-corrected chi connectivity index (χ2v) is 13.3. The third-order valence-electron chi connectivity index (χ3n) is 7.16. The van der Waals surface area contributed by atoms with Crippen LogP contribution in [-0.2, 0) is 0 Å². The number of fused-ring (bicyclic) bond motifs is 2. The van der Waals surface area contributed by atoms with E-state index in [4.69, 9.17) is 44.8 Å². The maximum Gasteiger partial charge on any atom is 0.196 e. The predicted molar refractivity (Wildman–Crippen MR) is 154 cm³/mol. The van der Waals surface area contributed by atoms with Crippen LogP contribution in [0.3, 0.4) is 0 Å². The second kappa shape index (κ2) is 11.1. The van der Waals surface area contributed by atoms with E-state index in [1.807, 2.05) is 6.92 Å². The van der Waals surface area contributed by atoms with Crippen molar-refractivity contribution in [3.8, 4) is 0 Å². The van der Waals surface area contributed by atoms with Crippen LogP contribution in [0.1, 0.15) is 62.5 Å². The molecule has 11 heteroatoms. The van der Waals surface area contributed by atoms with Crippen LogP contribution in [-0.4, -0.2) is 36.1 Å². The maximum atomic E-state index is 6.17. The highest BCUT2D eigenvalue weighted by atomic mass is 35.5. The predicted octanol–water partition coefficient (Wildman–Crippen LogP) is 7.44. The van der Waals surface area contributed by atoms with Crippen LogP contribution in [0.2, 0.25) is 13.0 Å². The molecule has 2 unspecified atom stereocenters. The molecule has 4 N–H and O–H groups in total. The van der Waals surface area contributed by atoms with Gasteiger partial charge in [-0.2, -0.15) is 0 Å². The number of rotatable bonds is 2. The number of guanidine groups is 2. The summed E-state index contributed by atoms with van der Waals surface area (Å²) in [5.74, 6) is 1.73. The van der Waals surface area contributed by atoms with Crippen LogP contribution >= 0.6 is 57.5 Å². The highest BCUT2D eigenvalue weighted by Gasteiger charge is 2.32. The van der Waals surface area contributed by atoms with Gasteiger partial charge in [-0.3, -0.25) is 0 Å². The van der Waals surface area contributed by atoms with E-state index >= 15 is 0 Å². The molecule has 2 aromatic rings. The minimum atomic E-state index is 0.425. The Labute approximate surface area is 229 Å². The average molecular weight is 574 g/mol. The topological polar surface area (TPSA) is 72.8 Å². The fraction of sp³-hybridized carbons (Fsp3) is 0.583. The lowest BCUT2D eigenvalue weighted by Crippen LogP contribution is -2.38. The fourth-order valence-corrected chi connectivity index (χ4v) is 7.80. The fourth-order valence-electron chi connectivity index (χ4n) is 5.15. The third-order valence-corrected chi connectivity index (χ3v) is 10.3. The number of hydrogen-bond donors (Lipinski definition) is 4. The zero-order valence-corrected chi connectivity index (χ0v) is 23.8. The molecule has 0 saturated heterocycles. The molecule has 2 saturated carbocycles. The van der Waals surface area contributed by atoms with Crippen LogP contribution < -0.4 is 21.3 Å². The molecule has 0 amide bonds. The zero-order chi connectivity index (χ0) is 24.5. The van der Waals surface area contributed by atoms with Gasteiger partial charge in [0.15, 0.2) is 11.9 Å². The van der Waals surface area contributed by atoms with Crippen molar-refractivity contribution >= 4 is 80.8 Å². The van der Waals surface area contributed by atoms with Gasteiger partial charge in [0.1, 0.15) is 8.67 Å². The molecule has 2 aliphatic heterocycles. The first kappa shape index (κ1) is 25.5. The standard InChI is InChI=1S/C12H15Cl2N3S.C12H16ClN3S/c1-6-9(11(14)18-10(6)13)17-12-15-7-4-2-3-5-8(7)16-12;1-7-6-17-11(13)10(7)16-12-14-8-4-2-3-5-9(8)15-12/h7-8H,2-5H2,1H3,(H2,15,16,17);6,8-9H,2-5H2,1H3,(H2,14,15,16)/t7-,8?;8-,9?/m11/s1. The summed E-state index contributed by atoms with van der Waals surface area (Å²) in [4.78, 5) is 9.40. The highest BCUT2D eigenvalue weighted by Crippen LogP contribution is 2.40. The first-order valence-electron chi connectivity index (χ1n) is 12.3. The first-order chi connectivity index (χ1) is 16.9. The van der Waals surface area contributed by atoms with Crippen LogP contribution in [0.5, 0.6) is 0 Å². The number of halogens is 3. The Balaban J connectivity index is 0.000000145. The molecule has 2 aliphatic carbocycles. The van der Waals surface area contributed by atoms with Crippen molar-refractivity contribution in [2.75, 3.05) is 10.6 Å². The molecule has 0 bridgehead atoms. The number of aliphatic imine (C=N–C) groups is 2. The molecule has 0 radical (unpaired) electrons. The van der Waals surface area contributed by atoms with Gasteiger partial charge in [-0.1, -0.05) is 60.5 Å². The van der Waals surface area contributed by atoms with Crippen molar-refractivity contribution in [2.45, 2.75) is 89.4 Å². The summed E-state index contributed by atoms with van der Waals surface area (Å²) in [6, 6.07) is 1.91. The van der Waals surface area contributed by atoms with Gasteiger partial charge in [-0.15, -0.1) is 22.7 Å². The maximum absolute atomic E-state index is 6.17. The molecule has 4 aliphatic rings. The van der Waals surface area contributed by atoms with Crippen molar-refractivity contribution in [3.05, 3.63) is 29.5 Å². The minimum Gasteiger partial charge on any atom is -0.351 e. The third kappa shape index (κ3) is 5.72. The molecule has 2 fully saturated rings. The van der Waals surface area contributed by atoms with Crippen LogP contribution in [0, 0.1) is 13.8 Å². The minimum absolute atomic E-state index is 0.425. The molecule has 190 valence electrons. The molecule has 6 nitrogen and oxygen atoms in total. The molecule has 0 aromatic carbocycles. The van der Waals surface area contributed by atoms with Gasteiger partial charge in [0.25, 0.3) is 0 Å². The van der Waals surface area contributed by atoms with Gasteiger partial charge >= 0.3 is 0 Å². The lowest BCUT2D eigenvalue weighted by molar-refractivity contribution is 0.384. The lowest BCUT2D eigenvalue weighted by atomic mass is 9.92. The van der Waals surface area contributed by atoms with Gasteiger partial charge in [0.05, 0.1) is 39.9 Å². The molecule has 4 atom stereocenters. The van der Waals surface area contributed by atoms with Crippen LogP contribution in [0.25, 0.3) is 0 Å². The quantitative estimate of drug-likeness (QED) is 0.301. The number of anilines is 2. The summed E-state index contributed by atoms with van der Waals surface area (Å²) in [5.41, 5.74) is 4.06. The van der Waals surface area contributed by atoms with Crippen LogP contribution in [0.15, 0.2) is 15.4 Å². The summed E-state index contributed by atoms with van der Waals surface area (Å²) in [5, 5.41) is 15.6. The molecular weight excluding hydrogens is 543 g/mol. The number of nitrogens with zero attached hydrogens (tertiary/aromatic N) is 2. The smallest absolute Gasteiger partial charge is 0.196 e. The monoisotopic (exact) mass is 572 g/mol. The van der Waals surface area contributed by atoms with Gasteiger partial charge in [0.2, 0.25) is 0 Å². The molecule has 35 heavy (non-hydrogen) atoms. The Morgan fingerprint density at radius 1 is 0.771 bits per heavy atom. The molecular formula is C24H31Cl3N6S2. The summed E-state index contributed by atoms with van der Waals surface area (Å²) in [6.07, 6.45) is 10.0. The largest absolute Gasteiger partial charge is 0.351 e. The van der Waals surface area contributed by atoms with Crippen molar-refractivity contribution in [3.63, 3.8) is 0 Å². The molecule has 6 rings (SSSR count). The van der Waals surface area contributed by atoms with Gasteiger partial charge in [0, 0.05) is 5.56 Å². The Kier molecular flexibility index (Phi) is 8.04. The lowest BCUT2D eigenvalue weighted by Gasteiger charge is -2.23. The molecule has 0 spiro atoms. The summed E-state index contributed by atoms with van der Waals surface area (Å²) in [6.45, 7) is 4.03. The Bertz CT molecular complexity index is 1110. The normalized spacial score (nSPS) is 26.9. The van der Waals surface area contributed by atoms with E-state index < -0.39 is 0 Å². The molecule has 2 aromatic heterocycles. The summed E-state index contributed by atoms with van der Waals surface area (Å²) >= 11 is 21.3. The van der Waals surface area contributed by atoms with E-state index in [-0.39, 0.29) is 0 Å². The number of thiophene rings is 2. The van der Waals surface area contributed by atoms with Crippen molar-refractivity contribution < 1.29 is 0 Å². The average Bonchev–Trinajstić information content (AvgIpc) is 3.59. The van der Waals surface area contributed by atoms with E-state index in [0.717, 1.165) is 37.5 Å². The van der Waals surface area contributed by atoms with Gasteiger partial charge in [-0.25, -0.2) is 9.98 Å². The highest BCUT2D eigenvalue weighted by molar-refractivity contribution is 7.20. The SMILES string of the molecule is Cc1c(Cl)sc(Cl)c1NC1=N[C@@H]2CCCCC2N1.Cc1csc(Cl)c1NC1=N[C@@H]2CCCCC2N1. The van der Waals surface area contributed by atoms with E-state index in [0.29, 0.717) is 28.5 Å². The Hall–Kier alpha value is -1.19. The Morgan fingerprint density at radius 2 is 1.31 bits per heavy atom. The second-order valence-electron chi connectivity index (χ2n) is 9.63.